The first kappa shape index (κ1) is 17.0. The Balaban J connectivity index is 1.40. The second-order valence-corrected chi connectivity index (χ2v) is 7.35. The van der Waals surface area contributed by atoms with Crippen molar-refractivity contribution in [2.75, 3.05) is 13.7 Å². The molecule has 1 aliphatic carbocycles. The van der Waals surface area contributed by atoms with Crippen LogP contribution in [0.5, 0.6) is 5.75 Å². The van der Waals surface area contributed by atoms with Crippen LogP contribution in [0, 0.1) is 0 Å². The summed E-state index contributed by atoms with van der Waals surface area (Å²) in [5.41, 5.74) is 1.35. The molecule has 1 aliphatic heterocycles. The lowest BCUT2D eigenvalue weighted by molar-refractivity contribution is 0.0630. The minimum Gasteiger partial charge on any atom is -0.494 e. The number of methoxy groups -OCH3 is 1. The highest BCUT2D eigenvalue weighted by Gasteiger charge is 2.35. The van der Waals surface area contributed by atoms with Gasteiger partial charge in [0.1, 0.15) is 17.3 Å². The number of carbonyl (C=O) groups is 1. The Labute approximate surface area is 162 Å². The van der Waals surface area contributed by atoms with Gasteiger partial charge >= 0.3 is 0 Å². The van der Waals surface area contributed by atoms with Crippen LogP contribution in [0.25, 0.3) is 5.69 Å². The number of nitrogens with zero attached hydrogens (tertiary/aromatic N) is 6. The van der Waals surface area contributed by atoms with E-state index in [4.69, 9.17) is 9.72 Å². The third-order valence-corrected chi connectivity index (χ3v) is 5.48. The van der Waals surface area contributed by atoms with Gasteiger partial charge in [0.15, 0.2) is 5.82 Å². The van der Waals surface area contributed by atoms with Gasteiger partial charge in [-0.1, -0.05) is 12.1 Å². The SMILES string of the molecule is COc1ccccc1-n1cc(C(=O)N2CCn3nc(C4CC4)nc3[C@H]2C)cn1. The van der Waals surface area contributed by atoms with Crippen LogP contribution in [0.1, 0.15) is 53.7 Å². The number of hydrogen-bond acceptors (Lipinski definition) is 5. The number of rotatable bonds is 4. The van der Waals surface area contributed by atoms with Crippen molar-refractivity contribution >= 4 is 5.91 Å². The maximum atomic E-state index is 13.2. The van der Waals surface area contributed by atoms with Crippen molar-refractivity contribution in [1.29, 1.82) is 0 Å². The van der Waals surface area contributed by atoms with E-state index in [1.807, 2.05) is 40.8 Å². The molecule has 8 nitrogen and oxygen atoms in total. The average Bonchev–Trinajstić information content (AvgIpc) is 3.28. The Kier molecular flexibility index (Phi) is 3.92. The highest BCUT2D eigenvalue weighted by molar-refractivity contribution is 5.94. The molecule has 8 heteroatoms. The van der Waals surface area contributed by atoms with E-state index in [-0.39, 0.29) is 11.9 Å². The topological polar surface area (TPSA) is 78.1 Å². The first-order valence-corrected chi connectivity index (χ1v) is 9.59. The second kappa shape index (κ2) is 6.47. The Bertz CT molecular complexity index is 1040. The summed E-state index contributed by atoms with van der Waals surface area (Å²) in [7, 11) is 1.62. The van der Waals surface area contributed by atoms with Crippen molar-refractivity contribution in [1.82, 2.24) is 29.4 Å². The fourth-order valence-electron chi connectivity index (χ4n) is 3.72. The van der Waals surface area contributed by atoms with Gasteiger partial charge in [-0.25, -0.2) is 14.3 Å². The molecular weight excluding hydrogens is 356 g/mol. The molecule has 3 heterocycles. The number of hydrogen-bond donors (Lipinski definition) is 0. The predicted molar refractivity (Wildman–Crippen MR) is 102 cm³/mol. The number of aromatic nitrogens is 5. The molecule has 1 amide bonds. The molecule has 0 N–H and O–H groups in total. The van der Waals surface area contributed by atoms with Crippen molar-refractivity contribution in [3.05, 3.63) is 53.9 Å². The Morgan fingerprint density at radius 2 is 2.04 bits per heavy atom. The molecule has 1 fully saturated rings. The van der Waals surface area contributed by atoms with Crippen LogP contribution in [0.4, 0.5) is 0 Å². The molecule has 1 saturated carbocycles. The molecule has 0 spiro atoms. The molecule has 0 unspecified atom stereocenters. The number of benzene rings is 1. The third kappa shape index (κ3) is 2.76. The molecule has 0 saturated heterocycles. The van der Waals surface area contributed by atoms with E-state index in [9.17, 15) is 4.79 Å². The Morgan fingerprint density at radius 1 is 1.21 bits per heavy atom. The standard InChI is InChI=1S/C20H22N6O2/c1-13-19-22-18(14-7-8-14)23-25(19)10-9-24(13)20(27)15-11-21-26(12-15)16-5-3-4-6-17(16)28-2/h3-6,11-14H,7-10H2,1-2H3/t13-/m1/s1. The van der Waals surface area contributed by atoms with E-state index in [0.29, 0.717) is 30.3 Å². The summed E-state index contributed by atoms with van der Waals surface area (Å²) in [6.07, 6.45) is 5.70. The fourth-order valence-corrected chi connectivity index (χ4v) is 3.72. The number of para-hydroxylation sites is 2. The Hall–Kier alpha value is -3.16. The van der Waals surface area contributed by atoms with E-state index in [1.54, 1.807) is 24.2 Å². The van der Waals surface area contributed by atoms with Gasteiger partial charge in [-0.15, -0.1) is 0 Å². The van der Waals surface area contributed by atoms with Crippen molar-refractivity contribution in [2.45, 2.75) is 38.3 Å². The molecule has 0 bridgehead atoms. The zero-order chi connectivity index (χ0) is 19.3. The minimum absolute atomic E-state index is 0.0455. The fraction of sp³-hybridized carbons (Fsp3) is 0.400. The smallest absolute Gasteiger partial charge is 0.257 e. The van der Waals surface area contributed by atoms with Crippen LogP contribution in [0.3, 0.4) is 0 Å². The lowest BCUT2D eigenvalue weighted by atomic mass is 10.2. The van der Waals surface area contributed by atoms with E-state index >= 15 is 0 Å². The van der Waals surface area contributed by atoms with Crippen molar-refractivity contribution in [3.63, 3.8) is 0 Å². The molecule has 28 heavy (non-hydrogen) atoms. The zero-order valence-electron chi connectivity index (χ0n) is 15.9. The van der Waals surface area contributed by atoms with E-state index in [2.05, 4.69) is 10.2 Å². The number of amides is 1. The lowest BCUT2D eigenvalue weighted by Crippen LogP contribution is -2.41. The maximum Gasteiger partial charge on any atom is 0.257 e. The van der Waals surface area contributed by atoms with Gasteiger partial charge in [0.25, 0.3) is 5.91 Å². The van der Waals surface area contributed by atoms with E-state index in [0.717, 1.165) is 17.3 Å². The van der Waals surface area contributed by atoms with E-state index in [1.165, 1.54) is 12.8 Å². The van der Waals surface area contributed by atoms with Crippen LogP contribution in [-0.2, 0) is 6.54 Å². The summed E-state index contributed by atoms with van der Waals surface area (Å²) in [6, 6.07) is 7.48. The summed E-state index contributed by atoms with van der Waals surface area (Å²) < 4.78 is 9.03. The first-order chi connectivity index (χ1) is 13.7. The molecule has 5 rings (SSSR count). The first-order valence-electron chi connectivity index (χ1n) is 9.59. The van der Waals surface area contributed by atoms with Gasteiger partial charge in [0.05, 0.1) is 31.5 Å². The molecular formula is C20H22N6O2. The Morgan fingerprint density at radius 3 is 2.82 bits per heavy atom. The average molecular weight is 378 g/mol. The molecule has 2 aliphatic rings. The largest absolute Gasteiger partial charge is 0.494 e. The van der Waals surface area contributed by atoms with Gasteiger partial charge in [-0.2, -0.15) is 10.2 Å². The minimum atomic E-state index is -0.115. The van der Waals surface area contributed by atoms with Crippen molar-refractivity contribution in [3.8, 4) is 11.4 Å². The summed E-state index contributed by atoms with van der Waals surface area (Å²) >= 11 is 0. The van der Waals surface area contributed by atoms with Crippen molar-refractivity contribution < 1.29 is 9.53 Å². The van der Waals surface area contributed by atoms with Gasteiger partial charge in [0.2, 0.25) is 0 Å². The molecule has 2 aromatic heterocycles. The van der Waals surface area contributed by atoms with Crippen LogP contribution < -0.4 is 4.74 Å². The molecule has 1 aromatic carbocycles. The van der Waals surface area contributed by atoms with Gasteiger partial charge in [-0.3, -0.25) is 4.79 Å². The number of ether oxygens (including phenoxy) is 1. The normalized spacial score (nSPS) is 18.8. The molecule has 3 aromatic rings. The quantitative estimate of drug-likeness (QED) is 0.697. The summed E-state index contributed by atoms with van der Waals surface area (Å²) in [6.45, 7) is 3.30. The maximum absolute atomic E-state index is 13.2. The molecule has 144 valence electrons. The van der Waals surface area contributed by atoms with Crippen LogP contribution in [0.15, 0.2) is 36.7 Å². The van der Waals surface area contributed by atoms with Crippen LogP contribution in [0.2, 0.25) is 0 Å². The summed E-state index contributed by atoms with van der Waals surface area (Å²) in [5, 5.41) is 9.00. The van der Waals surface area contributed by atoms with Crippen LogP contribution >= 0.6 is 0 Å². The van der Waals surface area contributed by atoms with Gasteiger partial charge in [0, 0.05) is 18.7 Å². The van der Waals surface area contributed by atoms with Gasteiger partial charge < -0.3 is 9.64 Å². The molecule has 0 radical (unpaired) electrons. The lowest BCUT2D eigenvalue weighted by Gasteiger charge is -2.32. The van der Waals surface area contributed by atoms with Crippen molar-refractivity contribution in [2.24, 2.45) is 0 Å². The predicted octanol–water partition coefficient (Wildman–Crippen LogP) is 2.57. The highest BCUT2D eigenvalue weighted by atomic mass is 16.5. The zero-order valence-corrected chi connectivity index (χ0v) is 15.9. The number of fused-ring (bicyclic) bond motifs is 1. The molecule has 1 atom stereocenters. The summed E-state index contributed by atoms with van der Waals surface area (Å²) in [5.74, 6) is 2.97. The summed E-state index contributed by atoms with van der Waals surface area (Å²) in [4.78, 5) is 19.7. The highest BCUT2D eigenvalue weighted by Crippen LogP contribution is 2.39. The third-order valence-electron chi connectivity index (χ3n) is 5.48. The second-order valence-electron chi connectivity index (χ2n) is 7.35. The van der Waals surface area contributed by atoms with Gasteiger partial charge in [-0.05, 0) is 31.9 Å². The van der Waals surface area contributed by atoms with E-state index < -0.39 is 0 Å². The number of carbonyl (C=O) groups excluding carboxylic acids is 1. The monoisotopic (exact) mass is 378 g/mol. The van der Waals surface area contributed by atoms with Crippen LogP contribution in [-0.4, -0.2) is 49.0 Å².